The molecule has 168 valence electrons. The number of benzene rings is 2. The number of Topliss-reactive ketones (excluding diaryl/α,β-unsaturated/α-hetero) is 1. The van der Waals surface area contributed by atoms with E-state index in [9.17, 15) is 29.9 Å². The monoisotopic (exact) mass is 460 g/mol. The molecular formula is C22H21ClN2O7. The lowest BCUT2D eigenvalue weighted by Gasteiger charge is -2.25. The summed E-state index contributed by atoms with van der Waals surface area (Å²) in [6.45, 7) is 4.12. The summed E-state index contributed by atoms with van der Waals surface area (Å²) in [5.41, 5.74) is -0.550. The van der Waals surface area contributed by atoms with Crippen LogP contribution in [-0.2, 0) is 9.59 Å². The van der Waals surface area contributed by atoms with Crippen molar-refractivity contribution in [3.8, 4) is 11.5 Å². The fourth-order valence-electron chi connectivity index (χ4n) is 3.64. The average Bonchev–Trinajstić information content (AvgIpc) is 3.00. The largest absolute Gasteiger partial charge is 0.507 e. The molecule has 1 amide bonds. The third kappa shape index (κ3) is 4.11. The lowest BCUT2D eigenvalue weighted by atomic mass is 9.94. The molecular weight excluding hydrogens is 440 g/mol. The summed E-state index contributed by atoms with van der Waals surface area (Å²) in [7, 11) is 0. The van der Waals surface area contributed by atoms with E-state index >= 15 is 0 Å². The minimum absolute atomic E-state index is 0.0883. The van der Waals surface area contributed by atoms with E-state index < -0.39 is 39.9 Å². The van der Waals surface area contributed by atoms with E-state index in [0.717, 1.165) is 12.1 Å². The van der Waals surface area contributed by atoms with Crippen molar-refractivity contribution in [2.45, 2.75) is 26.3 Å². The number of aromatic hydroxyl groups is 1. The number of halogens is 1. The molecule has 0 saturated carbocycles. The van der Waals surface area contributed by atoms with Crippen molar-refractivity contribution in [2.75, 3.05) is 13.2 Å². The summed E-state index contributed by atoms with van der Waals surface area (Å²) in [6.07, 6.45) is 0.504. The van der Waals surface area contributed by atoms with Crippen LogP contribution in [0.15, 0.2) is 42.0 Å². The number of nitrogens with zero attached hydrogens (tertiary/aromatic N) is 2. The second-order valence-electron chi connectivity index (χ2n) is 7.07. The van der Waals surface area contributed by atoms with E-state index in [0.29, 0.717) is 18.8 Å². The van der Waals surface area contributed by atoms with Crippen LogP contribution in [0.1, 0.15) is 37.4 Å². The second-order valence-corrected chi connectivity index (χ2v) is 7.48. The maximum absolute atomic E-state index is 12.9. The molecule has 1 aliphatic heterocycles. The summed E-state index contributed by atoms with van der Waals surface area (Å²) in [6, 6.07) is 7.00. The van der Waals surface area contributed by atoms with Gasteiger partial charge >= 0.3 is 5.69 Å². The minimum atomic E-state index is -1.10. The Hall–Kier alpha value is -3.59. The fourth-order valence-corrected chi connectivity index (χ4v) is 3.85. The SMILES string of the molecule is CCCN1C(=O)C(=O)/C(=C(/O)c2cc(OCC)ccc2Cl)C1c1ccc(O)c([N+](=O)[O-])c1. The topological polar surface area (TPSA) is 130 Å². The van der Waals surface area contributed by atoms with Crippen LogP contribution < -0.4 is 4.74 Å². The molecule has 9 nitrogen and oxygen atoms in total. The molecule has 32 heavy (non-hydrogen) atoms. The van der Waals surface area contributed by atoms with Crippen molar-refractivity contribution in [1.82, 2.24) is 4.90 Å². The summed E-state index contributed by atoms with van der Waals surface area (Å²) in [5.74, 6) is -2.45. The molecule has 3 rings (SSSR count). The van der Waals surface area contributed by atoms with Gasteiger partial charge < -0.3 is 19.8 Å². The molecule has 1 atom stereocenters. The lowest BCUT2D eigenvalue weighted by molar-refractivity contribution is -0.385. The molecule has 2 N–H and O–H groups in total. The van der Waals surface area contributed by atoms with Gasteiger partial charge in [-0.25, -0.2) is 0 Å². The number of phenols is 1. The third-order valence-corrected chi connectivity index (χ3v) is 5.35. The van der Waals surface area contributed by atoms with Crippen LogP contribution in [-0.4, -0.2) is 44.9 Å². The molecule has 0 radical (unpaired) electrons. The molecule has 1 unspecified atom stereocenters. The van der Waals surface area contributed by atoms with Crippen LogP contribution in [0, 0.1) is 10.1 Å². The van der Waals surface area contributed by atoms with E-state index in [4.69, 9.17) is 16.3 Å². The van der Waals surface area contributed by atoms with Crippen LogP contribution >= 0.6 is 11.6 Å². The summed E-state index contributed by atoms with van der Waals surface area (Å²) >= 11 is 6.25. The van der Waals surface area contributed by atoms with Crippen LogP contribution in [0.2, 0.25) is 5.02 Å². The summed E-state index contributed by atoms with van der Waals surface area (Å²) < 4.78 is 5.43. The predicted octanol–water partition coefficient (Wildman–Crippen LogP) is 4.18. The lowest BCUT2D eigenvalue weighted by Crippen LogP contribution is -2.30. The Bertz CT molecular complexity index is 1130. The Morgan fingerprint density at radius 1 is 1.22 bits per heavy atom. The van der Waals surface area contributed by atoms with Gasteiger partial charge in [0.05, 0.1) is 28.2 Å². The number of aliphatic hydroxyl groups excluding tert-OH is 1. The Labute approximate surface area is 188 Å². The quantitative estimate of drug-likeness (QED) is 0.208. The van der Waals surface area contributed by atoms with E-state index in [1.165, 1.54) is 23.1 Å². The zero-order valence-corrected chi connectivity index (χ0v) is 18.1. The average molecular weight is 461 g/mol. The van der Waals surface area contributed by atoms with Gasteiger partial charge in [-0.05, 0) is 43.2 Å². The van der Waals surface area contributed by atoms with E-state index in [-0.39, 0.29) is 28.3 Å². The van der Waals surface area contributed by atoms with Gasteiger partial charge in [-0.1, -0.05) is 24.6 Å². The first kappa shape index (κ1) is 23.1. The molecule has 1 saturated heterocycles. The Morgan fingerprint density at radius 2 is 1.94 bits per heavy atom. The third-order valence-electron chi connectivity index (χ3n) is 5.02. The zero-order chi connectivity index (χ0) is 23.6. The van der Waals surface area contributed by atoms with Gasteiger partial charge in [-0.15, -0.1) is 0 Å². The van der Waals surface area contributed by atoms with Crippen LogP contribution in [0.4, 0.5) is 5.69 Å². The number of likely N-dealkylation sites (tertiary alicyclic amines) is 1. The molecule has 0 aromatic heterocycles. The van der Waals surface area contributed by atoms with Crippen LogP contribution in [0.5, 0.6) is 11.5 Å². The first-order chi connectivity index (χ1) is 15.2. The van der Waals surface area contributed by atoms with Gasteiger partial charge in [-0.2, -0.15) is 0 Å². The zero-order valence-electron chi connectivity index (χ0n) is 17.4. The number of carbonyl (C=O) groups excluding carboxylic acids is 2. The maximum Gasteiger partial charge on any atom is 0.311 e. The molecule has 2 aromatic rings. The number of hydrogen-bond donors (Lipinski definition) is 2. The van der Waals surface area contributed by atoms with Gasteiger partial charge in [0.15, 0.2) is 5.75 Å². The number of nitro groups is 1. The predicted molar refractivity (Wildman–Crippen MR) is 117 cm³/mol. The molecule has 1 aliphatic rings. The van der Waals surface area contributed by atoms with Crippen molar-refractivity contribution in [2.24, 2.45) is 0 Å². The number of hydrogen-bond acceptors (Lipinski definition) is 7. The van der Waals surface area contributed by atoms with E-state index in [2.05, 4.69) is 0 Å². The number of nitro benzene ring substituents is 1. The summed E-state index contributed by atoms with van der Waals surface area (Å²) in [5, 5.41) is 32.3. The smallest absolute Gasteiger partial charge is 0.311 e. The van der Waals surface area contributed by atoms with Gasteiger partial charge in [0.1, 0.15) is 11.5 Å². The minimum Gasteiger partial charge on any atom is -0.507 e. The van der Waals surface area contributed by atoms with E-state index in [1.54, 1.807) is 19.9 Å². The highest BCUT2D eigenvalue weighted by Gasteiger charge is 2.46. The Balaban J connectivity index is 2.26. The van der Waals surface area contributed by atoms with Crippen molar-refractivity contribution in [1.29, 1.82) is 0 Å². The Morgan fingerprint density at radius 3 is 2.56 bits per heavy atom. The first-order valence-electron chi connectivity index (χ1n) is 9.89. The number of rotatable bonds is 7. The van der Waals surface area contributed by atoms with Gasteiger partial charge in [-0.3, -0.25) is 19.7 Å². The number of ether oxygens (including phenoxy) is 1. The molecule has 10 heteroatoms. The Kier molecular flexibility index (Phi) is 6.69. The maximum atomic E-state index is 12.9. The highest BCUT2D eigenvalue weighted by atomic mass is 35.5. The highest BCUT2D eigenvalue weighted by Crippen LogP contribution is 2.42. The molecule has 0 spiro atoms. The van der Waals surface area contributed by atoms with Gasteiger partial charge in [0.25, 0.3) is 11.7 Å². The number of ketones is 1. The van der Waals surface area contributed by atoms with Gasteiger partial charge in [0.2, 0.25) is 0 Å². The first-order valence-corrected chi connectivity index (χ1v) is 10.3. The molecule has 2 aromatic carbocycles. The molecule has 0 bridgehead atoms. The standard InChI is InChI=1S/C22H21ClN2O7/c1-3-9-24-19(12-5-8-17(26)16(10-12)25(30)31)18(21(28)22(24)29)20(27)14-11-13(32-4-2)6-7-15(14)23/h5-8,10-11,19,26-27H,3-4,9H2,1-2H3/b20-18+. The van der Waals surface area contributed by atoms with Crippen LogP contribution in [0.3, 0.4) is 0 Å². The van der Waals surface area contributed by atoms with Crippen molar-refractivity contribution >= 4 is 34.7 Å². The fraction of sp³-hybridized carbons (Fsp3) is 0.273. The number of amides is 1. The van der Waals surface area contributed by atoms with Crippen molar-refractivity contribution in [3.63, 3.8) is 0 Å². The molecule has 1 heterocycles. The van der Waals surface area contributed by atoms with Gasteiger partial charge in [0, 0.05) is 18.2 Å². The van der Waals surface area contributed by atoms with E-state index in [1.807, 2.05) is 0 Å². The highest BCUT2D eigenvalue weighted by molar-refractivity contribution is 6.47. The van der Waals surface area contributed by atoms with Crippen molar-refractivity contribution < 1.29 is 29.5 Å². The summed E-state index contributed by atoms with van der Waals surface area (Å²) in [4.78, 5) is 37.5. The molecule has 1 fully saturated rings. The number of carbonyl (C=O) groups is 2. The van der Waals surface area contributed by atoms with Crippen molar-refractivity contribution in [3.05, 3.63) is 68.2 Å². The number of aliphatic hydroxyl groups is 1. The number of phenolic OH excluding ortho intramolecular Hbond substituents is 1. The normalized spacial score (nSPS) is 17.6. The molecule has 0 aliphatic carbocycles. The van der Waals surface area contributed by atoms with Crippen LogP contribution in [0.25, 0.3) is 5.76 Å². The second kappa shape index (κ2) is 9.27.